The number of aliphatic hydroxyl groups is 2. The SMILES string of the molecule is CCCBr.CCCOc1ccc2c(c1Cc1ccc(F)cc1)c(=O)n(CCCO)c(=O)n2C.Cn1c(=O)n(CCCO)c(=O)c2c(Cc3ccc(F)cc3)c(O)ccc21. The molecule has 0 aliphatic carbocycles. The lowest BCUT2D eigenvalue weighted by atomic mass is 9.99. The molecule has 0 aliphatic heterocycles. The molecule has 6 rings (SSSR count). The minimum absolute atomic E-state index is 0.0636. The fraction of sp³-hybridized carbons (Fsp3) is 0.364. The summed E-state index contributed by atoms with van der Waals surface area (Å²) < 4.78 is 37.3. The van der Waals surface area contributed by atoms with Gasteiger partial charge < -0.3 is 20.1 Å². The molecule has 0 spiro atoms. The van der Waals surface area contributed by atoms with Crippen LogP contribution in [0.2, 0.25) is 0 Å². The molecule has 0 saturated heterocycles. The van der Waals surface area contributed by atoms with Crippen LogP contribution in [0.1, 0.15) is 61.8 Å². The number of fused-ring (bicyclic) bond motifs is 2. The van der Waals surface area contributed by atoms with Gasteiger partial charge in [-0.2, -0.15) is 0 Å². The fourth-order valence-corrected chi connectivity index (χ4v) is 6.46. The Morgan fingerprint density at radius 2 is 1.05 bits per heavy atom. The number of aromatic hydroxyl groups is 1. The predicted octanol–water partition coefficient (Wildman–Crippen LogP) is 5.91. The van der Waals surface area contributed by atoms with Crippen LogP contribution in [0.4, 0.5) is 8.78 Å². The van der Waals surface area contributed by atoms with Gasteiger partial charge in [-0.1, -0.05) is 54.0 Å². The van der Waals surface area contributed by atoms with E-state index in [1.807, 2.05) is 6.92 Å². The first-order valence-corrected chi connectivity index (χ1v) is 20.5. The van der Waals surface area contributed by atoms with Crippen molar-refractivity contribution in [3.05, 3.63) is 148 Å². The molecule has 2 heterocycles. The van der Waals surface area contributed by atoms with Crippen LogP contribution in [-0.2, 0) is 40.0 Å². The largest absolute Gasteiger partial charge is 0.508 e. The van der Waals surface area contributed by atoms with Crippen molar-refractivity contribution in [3.8, 4) is 11.5 Å². The molecule has 6 aromatic rings. The van der Waals surface area contributed by atoms with E-state index in [9.17, 15) is 33.1 Å². The molecule has 3 N–H and O–H groups in total. The normalized spacial score (nSPS) is 10.9. The minimum atomic E-state index is -0.510. The molecule has 0 radical (unpaired) electrons. The zero-order chi connectivity index (χ0) is 43.2. The second-order valence-corrected chi connectivity index (χ2v) is 14.6. The number of hydrogen-bond donors (Lipinski definition) is 3. The smallest absolute Gasteiger partial charge is 0.331 e. The molecule has 0 saturated carbocycles. The van der Waals surface area contributed by atoms with Gasteiger partial charge in [-0.05, 0) is 85.3 Å². The number of hydrogen-bond acceptors (Lipinski definition) is 8. The molecule has 0 amide bonds. The van der Waals surface area contributed by atoms with E-state index in [2.05, 4.69) is 22.9 Å². The van der Waals surface area contributed by atoms with Crippen molar-refractivity contribution in [2.24, 2.45) is 14.1 Å². The Bertz CT molecular complexity index is 2580. The number of phenolic OH excluding ortho intramolecular Hbond substituents is 1. The van der Waals surface area contributed by atoms with Gasteiger partial charge in [0.15, 0.2) is 0 Å². The lowest BCUT2D eigenvalue weighted by molar-refractivity contribution is 0.277. The molecule has 15 heteroatoms. The summed E-state index contributed by atoms with van der Waals surface area (Å²) in [7, 11) is 3.17. The standard InChI is InChI=1S/C22H25FN2O4.C19H19FN2O4.C3H7Br/c1-3-13-29-19-10-9-18-20(17(19)14-15-5-7-16(23)8-6-15)21(27)25(11-4-12-26)22(28)24(18)2;1-21-15-7-8-16(24)14(11-12-3-5-13(20)6-4-12)17(15)18(25)22(19(21)26)9-2-10-23;1-2-3-4/h5-10,26H,3-4,11-14H2,1-2H3;3-8,23-24H,2,9-11H2,1H3;2-3H2,1H3. The van der Waals surface area contributed by atoms with E-state index in [0.717, 1.165) is 32.0 Å². The minimum Gasteiger partial charge on any atom is -0.508 e. The summed E-state index contributed by atoms with van der Waals surface area (Å²) in [6.45, 7) is 4.58. The van der Waals surface area contributed by atoms with Crippen molar-refractivity contribution >= 4 is 37.7 Å². The average molecular weight is 882 g/mol. The highest BCUT2D eigenvalue weighted by Crippen LogP contribution is 2.29. The number of halogens is 3. The van der Waals surface area contributed by atoms with E-state index in [1.165, 1.54) is 52.0 Å². The van der Waals surface area contributed by atoms with Gasteiger partial charge in [0.25, 0.3) is 11.1 Å². The first-order chi connectivity index (χ1) is 28.3. The third kappa shape index (κ3) is 11.2. The van der Waals surface area contributed by atoms with Crippen molar-refractivity contribution in [3.63, 3.8) is 0 Å². The highest BCUT2D eigenvalue weighted by Gasteiger charge is 2.20. The summed E-state index contributed by atoms with van der Waals surface area (Å²) in [4.78, 5) is 51.3. The van der Waals surface area contributed by atoms with Crippen LogP contribution in [0, 0.1) is 11.6 Å². The first kappa shape index (κ1) is 46.3. The Labute approximate surface area is 348 Å². The third-order valence-electron chi connectivity index (χ3n) is 9.51. The second-order valence-electron chi connectivity index (χ2n) is 13.8. The molecular weight excluding hydrogens is 830 g/mol. The van der Waals surface area contributed by atoms with E-state index in [-0.39, 0.29) is 61.9 Å². The molecule has 0 unspecified atom stereocenters. The molecule has 2 aromatic heterocycles. The number of alkyl halides is 1. The molecule has 4 aromatic carbocycles. The van der Waals surface area contributed by atoms with E-state index in [0.29, 0.717) is 52.7 Å². The Balaban J connectivity index is 0.000000240. The number of nitrogens with zero attached hydrogens (tertiary/aromatic N) is 4. The van der Waals surface area contributed by atoms with Gasteiger partial charge in [-0.25, -0.2) is 18.4 Å². The van der Waals surface area contributed by atoms with Gasteiger partial charge in [0.05, 0.1) is 28.4 Å². The number of ether oxygens (including phenoxy) is 1. The fourth-order valence-electron chi connectivity index (χ4n) is 6.46. The maximum Gasteiger partial charge on any atom is 0.331 e. The summed E-state index contributed by atoms with van der Waals surface area (Å²) in [6.07, 6.45) is 3.20. The Kier molecular flexibility index (Phi) is 17.4. The van der Waals surface area contributed by atoms with E-state index in [4.69, 9.17) is 14.9 Å². The average Bonchev–Trinajstić information content (AvgIpc) is 3.24. The van der Waals surface area contributed by atoms with Gasteiger partial charge in [-0.15, -0.1) is 0 Å². The quantitative estimate of drug-likeness (QED) is 0.114. The molecule has 0 atom stereocenters. The van der Waals surface area contributed by atoms with Crippen LogP contribution in [0.15, 0.2) is 92.0 Å². The van der Waals surface area contributed by atoms with E-state index in [1.54, 1.807) is 50.5 Å². The Morgan fingerprint density at radius 3 is 1.47 bits per heavy atom. The monoisotopic (exact) mass is 880 g/mol. The van der Waals surface area contributed by atoms with Crippen LogP contribution in [0.3, 0.4) is 0 Å². The van der Waals surface area contributed by atoms with Gasteiger partial charge in [0.2, 0.25) is 0 Å². The highest BCUT2D eigenvalue weighted by atomic mass is 79.9. The van der Waals surface area contributed by atoms with Crippen molar-refractivity contribution in [1.29, 1.82) is 0 Å². The van der Waals surface area contributed by atoms with Crippen molar-refractivity contribution in [1.82, 2.24) is 18.3 Å². The van der Waals surface area contributed by atoms with Gasteiger partial charge >= 0.3 is 11.4 Å². The van der Waals surface area contributed by atoms with Crippen molar-refractivity contribution in [2.45, 2.75) is 65.5 Å². The Morgan fingerprint density at radius 1 is 0.627 bits per heavy atom. The van der Waals surface area contributed by atoms with Gasteiger partial charge in [0, 0.05) is 69.7 Å². The van der Waals surface area contributed by atoms with Crippen molar-refractivity contribution < 1.29 is 28.8 Å². The summed E-state index contributed by atoms with van der Waals surface area (Å²) >= 11 is 3.25. The summed E-state index contributed by atoms with van der Waals surface area (Å²) in [6, 6.07) is 18.3. The van der Waals surface area contributed by atoms with E-state index < -0.39 is 22.5 Å². The van der Waals surface area contributed by atoms with Gasteiger partial charge in [-0.3, -0.25) is 27.9 Å². The first-order valence-electron chi connectivity index (χ1n) is 19.4. The Hall–Kier alpha value is -5.38. The number of aromatic nitrogens is 4. The maximum absolute atomic E-state index is 13.3. The lowest BCUT2D eigenvalue weighted by Gasteiger charge is -2.17. The summed E-state index contributed by atoms with van der Waals surface area (Å²) in [5.41, 5.74) is 1.71. The lowest BCUT2D eigenvalue weighted by Crippen LogP contribution is -2.39. The van der Waals surface area contributed by atoms with Gasteiger partial charge in [0.1, 0.15) is 23.1 Å². The van der Waals surface area contributed by atoms with E-state index >= 15 is 0 Å². The highest BCUT2D eigenvalue weighted by molar-refractivity contribution is 9.09. The van der Waals surface area contributed by atoms with Crippen LogP contribution in [-0.4, -0.2) is 58.7 Å². The van der Waals surface area contributed by atoms with Crippen LogP contribution < -0.4 is 27.2 Å². The number of phenols is 1. The zero-order valence-electron chi connectivity index (χ0n) is 33.7. The zero-order valence-corrected chi connectivity index (χ0v) is 35.3. The predicted molar refractivity (Wildman–Crippen MR) is 230 cm³/mol. The molecule has 0 aliphatic rings. The molecule has 316 valence electrons. The van der Waals surface area contributed by atoms with Crippen LogP contribution in [0.5, 0.6) is 11.5 Å². The number of benzene rings is 4. The molecular formula is C44H51BrF2N4O8. The summed E-state index contributed by atoms with van der Waals surface area (Å²) in [5.74, 6) is -0.188. The van der Waals surface area contributed by atoms with Crippen LogP contribution in [0.25, 0.3) is 21.8 Å². The van der Waals surface area contributed by atoms with Crippen LogP contribution >= 0.6 is 15.9 Å². The molecule has 12 nitrogen and oxygen atoms in total. The summed E-state index contributed by atoms with van der Waals surface area (Å²) in [5, 5.41) is 30.3. The number of aliphatic hydroxyl groups excluding tert-OH is 2. The topological polar surface area (TPSA) is 158 Å². The maximum atomic E-state index is 13.3. The molecule has 0 fully saturated rings. The molecule has 59 heavy (non-hydrogen) atoms. The van der Waals surface area contributed by atoms with Crippen molar-refractivity contribution in [2.75, 3.05) is 25.2 Å². The third-order valence-corrected chi connectivity index (χ3v) is 10.3. The molecule has 0 bridgehead atoms. The number of aryl methyl sites for hydroxylation is 2. The number of rotatable bonds is 14. The second kappa shape index (κ2) is 22.1.